The molecular formula is C25H22Cl2N4O3. The van der Waals surface area contributed by atoms with Gasteiger partial charge in [0.05, 0.1) is 16.3 Å². The van der Waals surface area contributed by atoms with Crippen LogP contribution in [-0.2, 0) is 4.79 Å². The number of primary amides is 1. The van der Waals surface area contributed by atoms with Crippen molar-refractivity contribution >= 4 is 40.9 Å². The van der Waals surface area contributed by atoms with Crippen molar-refractivity contribution in [2.75, 3.05) is 26.2 Å². The van der Waals surface area contributed by atoms with Crippen molar-refractivity contribution in [1.29, 1.82) is 0 Å². The first kappa shape index (κ1) is 23.7. The zero-order valence-electron chi connectivity index (χ0n) is 18.4. The molecule has 2 N–H and O–H groups in total. The normalized spacial score (nSPS) is 13.6. The number of amides is 3. The lowest BCUT2D eigenvalue weighted by molar-refractivity contribution is -0.130. The summed E-state index contributed by atoms with van der Waals surface area (Å²) in [5.74, 6) is -0.963. The third kappa shape index (κ3) is 4.62. The smallest absolute Gasteiger partial charge is 0.254 e. The first-order valence-corrected chi connectivity index (χ1v) is 11.4. The maximum Gasteiger partial charge on any atom is 0.254 e. The molecule has 3 amide bonds. The predicted octanol–water partition coefficient (Wildman–Crippen LogP) is 4.13. The van der Waals surface area contributed by atoms with Gasteiger partial charge in [-0.15, -0.1) is 0 Å². The van der Waals surface area contributed by atoms with Crippen LogP contribution in [-0.4, -0.2) is 58.7 Å². The van der Waals surface area contributed by atoms with Crippen LogP contribution in [0.4, 0.5) is 0 Å². The molecule has 4 rings (SSSR count). The van der Waals surface area contributed by atoms with E-state index in [1.54, 1.807) is 46.3 Å². The van der Waals surface area contributed by atoms with Gasteiger partial charge in [0.2, 0.25) is 11.8 Å². The summed E-state index contributed by atoms with van der Waals surface area (Å²) < 4.78 is 0. The van der Waals surface area contributed by atoms with Gasteiger partial charge < -0.3 is 15.5 Å². The number of benzene rings is 2. The van der Waals surface area contributed by atoms with Crippen LogP contribution in [0.3, 0.4) is 0 Å². The Morgan fingerprint density at radius 2 is 1.59 bits per heavy atom. The number of aromatic nitrogens is 1. The first-order chi connectivity index (χ1) is 16.3. The summed E-state index contributed by atoms with van der Waals surface area (Å²) in [6, 6.07) is 13.7. The average Bonchev–Trinajstić information content (AvgIpc) is 2.84. The number of nitrogens with zero attached hydrogens (tertiary/aromatic N) is 3. The molecule has 0 atom stereocenters. The second-order valence-electron chi connectivity index (χ2n) is 7.92. The number of carbonyl (C=O) groups excluding carboxylic acids is 3. The van der Waals surface area contributed by atoms with Gasteiger partial charge in [-0.05, 0) is 42.0 Å². The Labute approximate surface area is 207 Å². The summed E-state index contributed by atoms with van der Waals surface area (Å²) in [6.45, 7) is 3.21. The van der Waals surface area contributed by atoms with E-state index in [9.17, 15) is 14.4 Å². The largest absolute Gasteiger partial charge is 0.366 e. The lowest BCUT2D eigenvalue weighted by atomic mass is 9.94. The Kier molecular flexibility index (Phi) is 6.86. The maximum atomic E-state index is 13.5. The number of hydrogen-bond acceptors (Lipinski definition) is 4. The van der Waals surface area contributed by atoms with Crippen molar-refractivity contribution in [1.82, 2.24) is 14.8 Å². The number of halogens is 2. The van der Waals surface area contributed by atoms with Gasteiger partial charge in [-0.3, -0.25) is 19.4 Å². The standard InChI is InChI=1S/C25H22Cl2N4O3/c1-15(32)30-10-12-31(13-11-30)25(34)17-6-7-18(24(28)33)23(27)22(17)16-5-8-20(26)19(14-16)21-4-2-3-9-29-21/h2-9,14H,10-13H2,1H3,(H2,28,33). The summed E-state index contributed by atoms with van der Waals surface area (Å²) in [5.41, 5.74) is 8.29. The third-order valence-corrected chi connectivity index (χ3v) is 6.57. The molecule has 1 aromatic heterocycles. The number of rotatable bonds is 4. The van der Waals surface area contributed by atoms with Gasteiger partial charge in [0.1, 0.15) is 0 Å². The fourth-order valence-electron chi connectivity index (χ4n) is 4.02. The highest BCUT2D eigenvalue weighted by atomic mass is 35.5. The van der Waals surface area contributed by atoms with E-state index in [1.165, 1.54) is 13.0 Å². The van der Waals surface area contributed by atoms with Crippen molar-refractivity contribution in [3.63, 3.8) is 0 Å². The van der Waals surface area contributed by atoms with E-state index in [4.69, 9.17) is 28.9 Å². The van der Waals surface area contributed by atoms with Crippen molar-refractivity contribution < 1.29 is 14.4 Å². The molecule has 174 valence electrons. The van der Waals surface area contributed by atoms with Crippen LogP contribution in [0.1, 0.15) is 27.6 Å². The summed E-state index contributed by atoms with van der Waals surface area (Å²) >= 11 is 13.1. The van der Waals surface area contributed by atoms with Crippen LogP contribution in [0.15, 0.2) is 54.7 Å². The van der Waals surface area contributed by atoms with Gasteiger partial charge in [-0.1, -0.05) is 35.3 Å². The maximum absolute atomic E-state index is 13.5. The Morgan fingerprint density at radius 1 is 0.912 bits per heavy atom. The molecule has 7 nitrogen and oxygen atoms in total. The minimum atomic E-state index is -0.695. The second kappa shape index (κ2) is 9.83. The van der Waals surface area contributed by atoms with Crippen LogP contribution in [0.25, 0.3) is 22.4 Å². The quantitative estimate of drug-likeness (QED) is 0.587. The Bertz CT molecular complexity index is 1270. The zero-order chi connectivity index (χ0) is 24.4. The van der Waals surface area contributed by atoms with Gasteiger partial charge in [0.15, 0.2) is 0 Å². The molecule has 9 heteroatoms. The van der Waals surface area contributed by atoms with E-state index in [0.717, 1.165) is 0 Å². The van der Waals surface area contributed by atoms with E-state index in [-0.39, 0.29) is 22.4 Å². The minimum absolute atomic E-state index is 0.0233. The van der Waals surface area contributed by atoms with Gasteiger partial charge in [0.25, 0.3) is 5.91 Å². The topological polar surface area (TPSA) is 96.6 Å². The van der Waals surface area contributed by atoms with Crippen LogP contribution < -0.4 is 5.73 Å². The Morgan fingerprint density at radius 3 is 2.21 bits per heavy atom. The molecule has 3 aromatic rings. The molecule has 1 fully saturated rings. The Hall–Kier alpha value is -3.42. The average molecular weight is 497 g/mol. The SMILES string of the molecule is CC(=O)N1CCN(C(=O)c2ccc(C(N)=O)c(Cl)c2-c2ccc(Cl)c(-c3ccccn3)c2)CC1. The zero-order valence-corrected chi connectivity index (χ0v) is 19.9. The van der Waals surface area contributed by atoms with Crippen molar-refractivity contribution in [2.24, 2.45) is 5.73 Å². The van der Waals surface area contributed by atoms with Gasteiger partial charge in [0, 0.05) is 61.0 Å². The number of pyridine rings is 1. The van der Waals surface area contributed by atoms with E-state index in [0.29, 0.717) is 59.1 Å². The van der Waals surface area contributed by atoms with Crippen LogP contribution >= 0.6 is 23.2 Å². The summed E-state index contributed by atoms with van der Waals surface area (Å²) in [5, 5.41) is 0.577. The number of hydrogen-bond donors (Lipinski definition) is 1. The molecule has 34 heavy (non-hydrogen) atoms. The summed E-state index contributed by atoms with van der Waals surface area (Å²) in [7, 11) is 0. The van der Waals surface area contributed by atoms with E-state index >= 15 is 0 Å². The third-order valence-electron chi connectivity index (χ3n) is 5.85. The molecule has 0 bridgehead atoms. The number of carbonyl (C=O) groups is 3. The minimum Gasteiger partial charge on any atom is -0.366 e. The number of piperazine rings is 1. The molecule has 1 saturated heterocycles. The fourth-order valence-corrected chi connectivity index (χ4v) is 4.60. The molecule has 1 aliphatic rings. The Balaban J connectivity index is 1.81. The lowest BCUT2D eigenvalue weighted by Gasteiger charge is -2.34. The van der Waals surface area contributed by atoms with Gasteiger partial charge in [-0.2, -0.15) is 0 Å². The van der Waals surface area contributed by atoms with Crippen LogP contribution in [0.2, 0.25) is 10.0 Å². The monoisotopic (exact) mass is 496 g/mol. The molecule has 0 radical (unpaired) electrons. The molecule has 1 aliphatic heterocycles. The summed E-state index contributed by atoms with van der Waals surface area (Å²) in [6.07, 6.45) is 1.66. The van der Waals surface area contributed by atoms with Gasteiger partial charge in [-0.25, -0.2) is 0 Å². The van der Waals surface area contributed by atoms with Gasteiger partial charge >= 0.3 is 0 Å². The molecule has 0 saturated carbocycles. The van der Waals surface area contributed by atoms with Crippen molar-refractivity contribution in [3.05, 3.63) is 75.9 Å². The fraction of sp³-hybridized carbons (Fsp3) is 0.200. The molecule has 0 spiro atoms. The molecule has 2 heterocycles. The highest BCUT2D eigenvalue weighted by Crippen LogP contribution is 2.38. The van der Waals surface area contributed by atoms with E-state index in [2.05, 4.69) is 4.98 Å². The predicted molar refractivity (Wildman–Crippen MR) is 132 cm³/mol. The van der Waals surface area contributed by atoms with Crippen molar-refractivity contribution in [2.45, 2.75) is 6.92 Å². The highest BCUT2D eigenvalue weighted by Gasteiger charge is 2.27. The molecule has 2 aromatic carbocycles. The molecular weight excluding hydrogens is 475 g/mol. The van der Waals surface area contributed by atoms with E-state index in [1.807, 2.05) is 12.1 Å². The number of nitrogens with two attached hydrogens (primary N) is 1. The van der Waals surface area contributed by atoms with Crippen LogP contribution in [0, 0.1) is 0 Å². The molecule has 0 unspecified atom stereocenters. The first-order valence-electron chi connectivity index (χ1n) is 10.7. The van der Waals surface area contributed by atoms with E-state index < -0.39 is 5.91 Å². The second-order valence-corrected chi connectivity index (χ2v) is 8.71. The summed E-state index contributed by atoms with van der Waals surface area (Å²) in [4.78, 5) is 44.9. The lowest BCUT2D eigenvalue weighted by Crippen LogP contribution is -2.50. The van der Waals surface area contributed by atoms with Crippen LogP contribution in [0.5, 0.6) is 0 Å². The highest BCUT2D eigenvalue weighted by molar-refractivity contribution is 6.37. The van der Waals surface area contributed by atoms with Crippen molar-refractivity contribution in [3.8, 4) is 22.4 Å². The molecule has 0 aliphatic carbocycles.